The highest BCUT2D eigenvalue weighted by molar-refractivity contribution is 5.77. The van der Waals surface area contributed by atoms with Crippen LogP contribution in [0.4, 0.5) is 0 Å². The second-order valence-electron chi connectivity index (χ2n) is 4.10. The molecule has 0 fully saturated rings. The first-order valence-electron chi connectivity index (χ1n) is 6.96. The number of nitrogens with two attached hydrogens (primary N) is 1. The van der Waals surface area contributed by atoms with Crippen LogP contribution < -0.4 is 16.4 Å². The van der Waals surface area contributed by atoms with Crippen molar-refractivity contribution in [3.8, 4) is 0 Å². The molecule has 1 aromatic rings. The first-order chi connectivity index (χ1) is 9.22. The highest BCUT2D eigenvalue weighted by Gasteiger charge is 1.98. The van der Waals surface area contributed by atoms with Crippen LogP contribution in [0.5, 0.6) is 0 Å². The van der Waals surface area contributed by atoms with Crippen LogP contribution in [-0.4, -0.2) is 32.1 Å². The minimum absolute atomic E-state index is 0.106. The normalized spacial score (nSPS) is 12.8. The van der Waals surface area contributed by atoms with Crippen LogP contribution in [0.2, 0.25) is 0 Å². The maximum absolute atomic E-state index is 11.3. The molecule has 0 saturated heterocycles. The Balaban J connectivity index is 2.08. The maximum Gasteiger partial charge on any atom is 0.234 e. The maximum atomic E-state index is 11.3. The third-order valence-corrected chi connectivity index (χ3v) is 2.53. The van der Waals surface area contributed by atoms with Crippen LogP contribution in [0.1, 0.15) is 19.8 Å². The summed E-state index contributed by atoms with van der Waals surface area (Å²) in [4.78, 5) is 11.3. The number of benzene rings is 1. The molecule has 0 bridgehead atoms. The van der Waals surface area contributed by atoms with Gasteiger partial charge in [0.1, 0.15) is 0 Å². The molecular weight excluding hydrogens is 226 g/mol. The van der Waals surface area contributed by atoms with E-state index in [0.29, 0.717) is 13.1 Å². The summed E-state index contributed by atoms with van der Waals surface area (Å²) in [6.07, 6.45) is 2.64. The Morgan fingerprint density at radius 3 is 2.78 bits per heavy atom. The summed E-state index contributed by atoms with van der Waals surface area (Å²) in [6.45, 7) is 0.705. The predicted molar refractivity (Wildman–Crippen MR) is 74.3 cm³/mol. The molecule has 4 nitrogen and oxygen atoms in total. The first kappa shape index (κ1) is 13.1. The zero-order chi connectivity index (χ0) is 13.9. The van der Waals surface area contributed by atoms with Crippen molar-refractivity contribution in [2.24, 2.45) is 5.73 Å². The van der Waals surface area contributed by atoms with Crippen molar-refractivity contribution >= 4 is 5.91 Å². The summed E-state index contributed by atoms with van der Waals surface area (Å²) in [6, 6.07) is 10.2. The molecule has 0 unspecified atom stereocenters. The average Bonchev–Trinajstić information content (AvgIpc) is 2.44. The van der Waals surface area contributed by atoms with E-state index in [1.165, 1.54) is 5.56 Å². The fourth-order valence-corrected chi connectivity index (χ4v) is 1.59. The van der Waals surface area contributed by atoms with Gasteiger partial charge in [-0.05, 0) is 31.3 Å². The van der Waals surface area contributed by atoms with Crippen molar-refractivity contribution in [3.05, 3.63) is 35.9 Å². The van der Waals surface area contributed by atoms with Crippen molar-refractivity contribution in [1.29, 1.82) is 0 Å². The lowest BCUT2D eigenvalue weighted by atomic mass is 10.1. The molecule has 0 aliphatic carbocycles. The van der Waals surface area contributed by atoms with Crippen molar-refractivity contribution < 1.29 is 6.17 Å². The molecule has 100 valence electrons. The Bertz CT molecular complexity index is 359. The number of rotatable bonds is 9. The minimum atomic E-state index is -0.396. The predicted octanol–water partition coefficient (Wildman–Crippen LogP) is 0.674. The smallest absolute Gasteiger partial charge is 0.234 e. The molecule has 1 atom stereocenters. The summed E-state index contributed by atoms with van der Waals surface area (Å²) in [7, 11) is 0. The Kier molecular flexibility index (Phi) is 6.98. The van der Waals surface area contributed by atoms with Gasteiger partial charge in [0.25, 0.3) is 0 Å². The molecule has 0 aliphatic heterocycles. The Morgan fingerprint density at radius 2 is 2.06 bits per heavy atom. The monoisotopic (exact) mass is 250 g/mol. The standard InChI is InChI=1S/C14H23N3O/c15-9-11-17-14(18)12-16-10-5-4-8-13-6-2-1-3-7-13/h1-3,6-7,16H,4-5,8-12,15H2,(H,17,18)/i10D/t10-/m0/s1. The lowest BCUT2D eigenvalue weighted by Crippen LogP contribution is -2.36. The Morgan fingerprint density at radius 1 is 1.28 bits per heavy atom. The van der Waals surface area contributed by atoms with Crippen molar-refractivity contribution in [1.82, 2.24) is 10.6 Å². The molecule has 18 heavy (non-hydrogen) atoms. The van der Waals surface area contributed by atoms with E-state index in [9.17, 15) is 4.79 Å². The molecule has 0 radical (unpaired) electrons. The molecule has 0 heterocycles. The largest absolute Gasteiger partial charge is 0.354 e. The number of hydrogen-bond acceptors (Lipinski definition) is 3. The fraction of sp³-hybridized carbons (Fsp3) is 0.500. The second-order valence-corrected chi connectivity index (χ2v) is 4.10. The molecule has 4 N–H and O–H groups in total. The minimum Gasteiger partial charge on any atom is -0.354 e. The summed E-state index contributed by atoms with van der Waals surface area (Å²) in [5, 5.41) is 5.55. The molecular formula is C14H23N3O. The molecule has 1 amide bonds. The zero-order valence-electron chi connectivity index (χ0n) is 11.7. The summed E-state index contributed by atoms with van der Waals surface area (Å²) < 4.78 is 7.79. The third kappa shape index (κ3) is 7.04. The highest BCUT2D eigenvalue weighted by Crippen LogP contribution is 2.03. The van der Waals surface area contributed by atoms with E-state index in [2.05, 4.69) is 22.8 Å². The number of nitrogens with one attached hydrogen (secondary N) is 2. The van der Waals surface area contributed by atoms with Gasteiger partial charge in [0, 0.05) is 14.5 Å². The van der Waals surface area contributed by atoms with Gasteiger partial charge < -0.3 is 16.4 Å². The molecule has 0 aliphatic rings. The van der Waals surface area contributed by atoms with Gasteiger partial charge in [0.05, 0.1) is 6.54 Å². The zero-order valence-corrected chi connectivity index (χ0v) is 10.7. The number of hydrogen-bond donors (Lipinski definition) is 3. The van der Waals surface area contributed by atoms with E-state index in [4.69, 9.17) is 7.10 Å². The number of amides is 1. The Labute approximate surface area is 110 Å². The van der Waals surface area contributed by atoms with Gasteiger partial charge in [0.2, 0.25) is 5.91 Å². The molecule has 1 aromatic carbocycles. The molecule has 0 saturated carbocycles. The quantitative estimate of drug-likeness (QED) is 0.603. The van der Waals surface area contributed by atoms with E-state index in [0.717, 1.165) is 19.3 Å². The molecule has 1 rings (SSSR count). The lowest BCUT2D eigenvalue weighted by molar-refractivity contribution is -0.120. The molecule has 0 spiro atoms. The van der Waals surface area contributed by atoms with Crippen LogP contribution in [0, 0.1) is 0 Å². The van der Waals surface area contributed by atoms with Gasteiger partial charge in [-0.3, -0.25) is 4.79 Å². The first-order valence-corrected chi connectivity index (χ1v) is 6.38. The van der Waals surface area contributed by atoms with Gasteiger partial charge in [-0.1, -0.05) is 30.3 Å². The Hall–Kier alpha value is -1.39. The number of carbonyl (C=O) groups is 1. The summed E-state index contributed by atoms with van der Waals surface area (Å²) >= 11 is 0. The van der Waals surface area contributed by atoms with Gasteiger partial charge in [0.15, 0.2) is 0 Å². The average molecular weight is 250 g/mol. The summed E-state index contributed by atoms with van der Waals surface area (Å²) in [5.41, 5.74) is 6.57. The van der Waals surface area contributed by atoms with E-state index >= 15 is 0 Å². The van der Waals surface area contributed by atoms with Crippen LogP contribution in [-0.2, 0) is 11.2 Å². The van der Waals surface area contributed by atoms with Gasteiger partial charge in [-0.25, -0.2) is 0 Å². The highest BCUT2D eigenvalue weighted by atomic mass is 16.1. The summed E-state index contributed by atoms with van der Waals surface area (Å²) in [5.74, 6) is -0.106. The molecule has 0 aromatic heterocycles. The van der Waals surface area contributed by atoms with Crippen molar-refractivity contribution in [3.63, 3.8) is 0 Å². The van der Waals surface area contributed by atoms with Gasteiger partial charge in [-0.15, -0.1) is 0 Å². The van der Waals surface area contributed by atoms with Crippen LogP contribution in [0.3, 0.4) is 0 Å². The number of aryl methyl sites for hydroxylation is 1. The van der Waals surface area contributed by atoms with Gasteiger partial charge in [-0.2, -0.15) is 0 Å². The lowest BCUT2D eigenvalue weighted by Gasteiger charge is -2.05. The van der Waals surface area contributed by atoms with Crippen molar-refractivity contribution in [2.75, 3.05) is 26.2 Å². The SMILES string of the molecule is [2H][C@@H](CCCc1ccccc1)NCC(=O)NCCN. The topological polar surface area (TPSA) is 67.2 Å². The third-order valence-electron chi connectivity index (χ3n) is 2.53. The van der Waals surface area contributed by atoms with Gasteiger partial charge >= 0.3 is 0 Å². The second kappa shape index (κ2) is 9.62. The van der Waals surface area contributed by atoms with Crippen LogP contribution in [0.15, 0.2) is 30.3 Å². The van der Waals surface area contributed by atoms with E-state index in [-0.39, 0.29) is 12.5 Å². The van der Waals surface area contributed by atoms with Crippen LogP contribution in [0.25, 0.3) is 0 Å². The van der Waals surface area contributed by atoms with E-state index < -0.39 is 6.52 Å². The van der Waals surface area contributed by atoms with Crippen LogP contribution >= 0.6 is 0 Å². The number of carbonyl (C=O) groups excluding carboxylic acids is 1. The fourth-order valence-electron chi connectivity index (χ4n) is 1.59. The van der Waals surface area contributed by atoms with Crippen molar-refractivity contribution in [2.45, 2.75) is 19.3 Å². The van der Waals surface area contributed by atoms with E-state index in [1.807, 2.05) is 18.2 Å². The van der Waals surface area contributed by atoms with E-state index in [1.54, 1.807) is 0 Å². The molecule has 4 heteroatoms.